The summed E-state index contributed by atoms with van der Waals surface area (Å²) in [6, 6.07) is 9.86. The molecule has 2 heterocycles. The molecule has 0 bridgehead atoms. The summed E-state index contributed by atoms with van der Waals surface area (Å²) < 4.78 is 6.40. The molecule has 0 saturated carbocycles. The van der Waals surface area contributed by atoms with Gasteiger partial charge in [-0.25, -0.2) is 4.99 Å². The zero-order valence-corrected chi connectivity index (χ0v) is 22.8. The van der Waals surface area contributed by atoms with Gasteiger partial charge in [0.15, 0.2) is 0 Å². The Kier molecular flexibility index (Phi) is 7.33. The Balaban J connectivity index is 1.65. The average Bonchev–Trinajstić information content (AvgIpc) is 3.42. The van der Waals surface area contributed by atoms with E-state index in [-0.39, 0.29) is 11.3 Å². The van der Waals surface area contributed by atoms with E-state index in [4.69, 9.17) is 9.41 Å². The van der Waals surface area contributed by atoms with Crippen LogP contribution >= 0.6 is 27.3 Å². The quantitative estimate of drug-likeness (QED) is 0.341. The van der Waals surface area contributed by atoms with Gasteiger partial charge in [-0.3, -0.25) is 4.79 Å². The van der Waals surface area contributed by atoms with Crippen LogP contribution in [0.5, 0.6) is 0 Å². The SMILES string of the molecule is CN(C)c1ccc(C=Nc2sc3c(c2C(=O)NCc2ccco2)CC[C@@H](C(C)(C)C)C3)cc1Br. The van der Waals surface area contributed by atoms with Gasteiger partial charge in [-0.15, -0.1) is 11.3 Å². The summed E-state index contributed by atoms with van der Waals surface area (Å²) in [5.74, 6) is 1.25. The fraction of sp³-hybridized carbons (Fsp3) is 0.407. The number of anilines is 1. The van der Waals surface area contributed by atoms with Crippen molar-refractivity contribution in [1.82, 2.24) is 5.32 Å². The number of carbonyl (C=O) groups excluding carboxylic acids is 1. The van der Waals surface area contributed by atoms with Gasteiger partial charge in [0.1, 0.15) is 10.8 Å². The van der Waals surface area contributed by atoms with Crippen LogP contribution in [0.25, 0.3) is 0 Å². The van der Waals surface area contributed by atoms with Crippen molar-refractivity contribution in [3.05, 3.63) is 68.4 Å². The predicted molar refractivity (Wildman–Crippen MR) is 145 cm³/mol. The van der Waals surface area contributed by atoms with Crippen molar-refractivity contribution in [2.24, 2.45) is 16.3 Å². The summed E-state index contributed by atoms with van der Waals surface area (Å²) >= 11 is 5.31. The van der Waals surface area contributed by atoms with Crippen molar-refractivity contribution in [2.75, 3.05) is 19.0 Å². The van der Waals surface area contributed by atoms with Crippen LogP contribution in [0.15, 0.2) is 50.5 Å². The second kappa shape index (κ2) is 10.1. The highest BCUT2D eigenvalue weighted by Crippen LogP contribution is 2.45. The normalized spacial score (nSPS) is 16.0. The lowest BCUT2D eigenvalue weighted by Crippen LogP contribution is -2.28. The van der Waals surface area contributed by atoms with Crippen molar-refractivity contribution in [3.8, 4) is 0 Å². The molecule has 0 aliphatic heterocycles. The number of rotatable bonds is 6. The van der Waals surface area contributed by atoms with E-state index in [9.17, 15) is 4.79 Å². The number of nitrogens with one attached hydrogen (secondary N) is 1. The van der Waals surface area contributed by atoms with Crippen LogP contribution in [0, 0.1) is 11.3 Å². The first kappa shape index (κ1) is 24.7. The highest BCUT2D eigenvalue weighted by atomic mass is 79.9. The fourth-order valence-corrected chi connectivity index (χ4v) is 6.42. The molecule has 1 aliphatic rings. The molecule has 5 nitrogen and oxygen atoms in total. The molecule has 3 aromatic rings. The van der Waals surface area contributed by atoms with E-state index >= 15 is 0 Å². The third-order valence-electron chi connectivity index (χ3n) is 6.49. The van der Waals surface area contributed by atoms with Crippen LogP contribution in [0.4, 0.5) is 10.7 Å². The molecule has 0 radical (unpaired) electrons. The topological polar surface area (TPSA) is 57.8 Å². The van der Waals surface area contributed by atoms with Crippen molar-refractivity contribution in [2.45, 2.75) is 46.6 Å². The second-order valence-electron chi connectivity index (χ2n) is 10.1. The summed E-state index contributed by atoms with van der Waals surface area (Å²) in [5.41, 5.74) is 4.22. The van der Waals surface area contributed by atoms with E-state index in [2.05, 4.69) is 59.1 Å². The van der Waals surface area contributed by atoms with E-state index in [1.165, 1.54) is 10.4 Å². The Bertz CT molecular complexity index is 1190. The Hall–Kier alpha value is -2.38. The van der Waals surface area contributed by atoms with Gasteiger partial charge >= 0.3 is 0 Å². The van der Waals surface area contributed by atoms with Crippen LogP contribution < -0.4 is 10.2 Å². The van der Waals surface area contributed by atoms with Gasteiger partial charge < -0.3 is 14.6 Å². The fourth-order valence-electron chi connectivity index (χ4n) is 4.40. The van der Waals surface area contributed by atoms with Gasteiger partial charge in [-0.05, 0) is 81.9 Å². The zero-order chi connectivity index (χ0) is 24.5. The number of aliphatic imine (C=N–C) groups is 1. The number of nitrogens with zero attached hydrogens (tertiary/aromatic N) is 2. The Labute approximate surface area is 214 Å². The summed E-state index contributed by atoms with van der Waals surface area (Å²) in [5, 5.41) is 3.82. The standard InChI is InChI=1S/C27H32BrN3O2S/c1-27(2,3)18-9-10-20-23(14-18)34-26(24(20)25(32)29-16-19-7-6-12-33-19)30-15-17-8-11-22(31(4)5)21(28)13-17/h6-8,11-13,15,18H,9-10,14,16H2,1-5H3,(H,29,32)/t18-/m1/s1. The van der Waals surface area contributed by atoms with Gasteiger partial charge in [0.05, 0.1) is 24.1 Å². The van der Waals surface area contributed by atoms with E-state index in [1.807, 2.05) is 38.5 Å². The van der Waals surface area contributed by atoms with Crippen LogP contribution in [-0.4, -0.2) is 26.2 Å². The first-order valence-electron chi connectivity index (χ1n) is 11.6. The molecule has 1 aliphatic carbocycles. The first-order chi connectivity index (χ1) is 16.1. The molecule has 34 heavy (non-hydrogen) atoms. The molecule has 180 valence electrons. The molecule has 1 atom stereocenters. The minimum atomic E-state index is -0.0839. The monoisotopic (exact) mass is 541 g/mol. The van der Waals surface area contributed by atoms with Crippen molar-refractivity contribution >= 4 is 50.1 Å². The van der Waals surface area contributed by atoms with Gasteiger partial charge in [0.25, 0.3) is 5.91 Å². The molecule has 0 fully saturated rings. The molecule has 0 unspecified atom stereocenters. The molecule has 1 aromatic carbocycles. The smallest absolute Gasteiger partial charge is 0.255 e. The summed E-state index contributed by atoms with van der Waals surface area (Å²) in [4.78, 5) is 21.5. The minimum Gasteiger partial charge on any atom is -0.467 e. The third-order valence-corrected chi connectivity index (χ3v) is 8.28. The largest absolute Gasteiger partial charge is 0.467 e. The average molecular weight is 543 g/mol. The number of fused-ring (bicyclic) bond motifs is 1. The van der Waals surface area contributed by atoms with Crippen molar-refractivity contribution < 1.29 is 9.21 Å². The third kappa shape index (κ3) is 5.47. The van der Waals surface area contributed by atoms with Crippen LogP contribution in [-0.2, 0) is 19.4 Å². The molecule has 2 aromatic heterocycles. The lowest BCUT2D eigenvalue weighted by molar-refractivity contribution is 0.0947. The summed E-state index contributed by atoms with van der Waals surface area (Å²) in [7, 11) is 4.03. The van der Waals surface area contributed by atoms with Crippen LogP contribution in [0.1, 0.15) is 59.3 Å². The molecule has 1 N–H and O–H groups in total. The van der Waals surface area contributed by atoms with Gasteiger partial charge in [0, 0.05) is 29.7 Å². The number of benzene rings is 1. The maximum atomic E-state index is 13.3. The number of carbonyl (C=O) groups is 1. The molecule has 0 saturated heterocycles. The van der Waals surface area contributed by atoms with E-state index in [0.29, 0.717) is 12.5 Å². The number of halogens is 1. The zero-order valence-electron chi connectivity index (χ0n) is 20.4. The van der Waals surface area contributed by atoms with E-state index in [0.717, 1.165) is 51.3 Å². The minimum absolute atomic E-state index is 0.0839. The lowest BCUT2D eigenvalue weighted by Gasteiger charge is -2.33. The number of hydrogen-bond acceptors (Lipinski definition) is 5. The maximum absolute atomic E-state index is 13.3. The molecular formula is C27H32BrN3O2S. The Morgan fingerprint density at radius 1 is 1.32 bits per heavy atom. The van der Waals surface area contributed by atoms with Gasteiger partial charge in [-0.1, -0.05) is 26.8 Å². The van der Waals surface area contributed by atoms with Crippen molar-refractivity contribution in [3.63, 3.8) is 0 Å². The number of amides is 1. The molecule has 4 rings (SSSR count). The van der Waals surface area contributed by atoms with Gasteiger partial charge in [0.2, 0.25) is 0 Å². The number of furan rings is 1. The van der Waals surface area contributed by atoms with E-state index < -0.39 is 0 Å². The summed E-state index contributed by atoms with van der Waals surface area (Å²) in [6.07, 6.45) is 6.48. The van der Waals surface area contributed by atoms with Crippen LogP contribution in [0.2, 0.25) is 0 Å². The maximum Gasteiger partial charge on any atom is 0.255 e. The van der Waals surface area contributed by atoms with Gasteiger partial charge in [-0.2, -0.15) is 0 Å². The van der Waals surface area contributed by atoms with E-state index in [1.54, 1.807) is 17.6 Å². The summed E-state index contributed by atoms with van der Waals surface area (Å²) in [6.45, 7) is 7.29. The molecule has 1 amide bonds. The Morgan fingerprint density at radius 3 is 2.76 bits per heavy atom. The molecule has 0 spiro atoms. The Morgan fingerprint density at radius 2 is 2.12 bits per heavy atom. The van der Waals surface area contributed by atoms with Crippen LogP contribution in [0.3, 0.4) is 0 Å². The lowest BCUT2D eigenvalue weighted by atomic mass is 9.72. The second-order valence-corrected chi connectivity index (χ2v) is 12.1. The van der Waals surface area contributed by atoms with Crippen molar-refractivity contribution in [1.29, 1.82) is 0 Å². The highest BCUT2D eigenvalue weighted by molar-refractivity contribution is 9.10. The molecular weight excluding hydrogens is 510 g/mol. The predicted octanol–water partition coefficient (Wildman–Crippen LogP) is 7.00. The number of hydrogen-bond donors (Lipinski definition) is 1. The number of thiophene rings is 1. The highest BCUT2D eigenvalue weighted by Gasteiger charge is 2.33. The molecule has 7 heteroatoms. The first-order valence-corrected chi connectivity index (χ1v) is 13.2.